The Balaban J connectivity index is 1.94. The molecule has 4 unspecified atom stereocenters. The molecule has 0 aromatic heterocycles. The summed E-state index contributed by atoms with van der Waals surface area (Å²) in [5.74, 6) is -3.34. The van der Waals surface area contributed by atoms with Crippen molar-refractivity contribution in [1.82, 2.24) is 0 Å². The van der Waals surface area contributed by atoms with Crippen molar-refractivity contribution >= 4 is 11.9 Å². The number of rotatable bonds is 19. The van der Waals surface area contributed by atoms with Crippen LogP contribution in [0, 0.1) is 11.8 Å². The van der Waals surface area contributed by atoms with E-state index in [1.807, 2.05) is 6.92 Å². The highest BCUT2D eigenvalue weighted by atomic mass is 16.7. The lowest BCUT2D eigenvalue weighted by Gasteiger charge is -2.26. The minimum atomic E-state index is -1.20. The first-order valence-corrected chi connectivity index (χ1v) is 14.7. The molecule has 1 saturated heterocycles. The molecule has 210 valence electrons. The molecule has 1 aromatic rings. The summed E-state index contributed by atoms with van der Waals surface area (Å²) in [6.45, 7) is 7.01. The van der Waals surface area contributed by atoms with Crippen LogP contribution in [0.3, 0.4) is 0 Å². The summed E-state index contributed by atoms with van der Waals surface area (Å²) in [5, 5.41) is 9.97. The van der Waals surface area contributed by atoms with E-state index < -0.39 is 17.9 Å². The lowest BCUT2D eigenvalue weighted by molar-refractivity contribution is -0.170. The number of benzene rings is 1. The fraction of sp³-hybridized carbons (Fsp3) is 0.742. The Hall–Kier alpha value is -1.92. The van der Waals surface area contributed by atoms with Gasteiger partial charge in [0.25, 0.3) is 0 Å². The Morgan fingerprint density at radius 1 is 0.973 bits per heavy atom. The van der Waals surface area contributed by atoms with Crippen LogP contribution in [0.25, 0.3) is 0 Å². The largest absolute Gasteiger partial charge is 0.481 e. The van der Waals surface area contributed by atoms with Gasteiger partial charge in [0.1, 0.15) is 0 Å². The number of hydrogen-bond acceptors (Lipinski definition) is 5. The highest BCUT2D eigenvalue weighted by Gasteiger charge is 2.36. The number of unbranched alkanes of at least 4 members (excludes halogenated alkanes) is 5. The molecule has 6 nitrogen and oxygen atoms in total. The van der Waals surface area contributed by atoms with Crippen LogP contribution in [-0.2, 0) is 36.6 Å². The Bertz CT molecular complexity index is 755. The van der Waals surface area contributed by atoms with E-state index in [0.717, 1.165) is 31.2 Å². The lowest BCUT2D eigenvalue weighted by atomic mass is 9.84. The number of esters is 1. The van der Waals surface area contributed by atoms with E-state index in [2.05, 4.69) is 31.2 Å². The Kier molecular flexibility index (Phi) is 15.5. The smallest absolute Gasteiger partial charge is 0.320 e. The van der Waals surface area contributed by atoms with Gasteiger partial charge in [0.05, 0.1) is 12.7 Å². The maximum Gasteiger partial charge on any atom is 0.320 e. The molecule has 6 heteroatoms. The number of carboxylic acid groups (broad SMARTS) is 1. The predicted octanol–water partition coefficient (Wildman–Crippen LogP) is 7.11. The number of carbonyl (C=O) groups excluding carboxylic acids is 1. The highest BCUT2D eigenvalue weighted by Crippen LogP contribution is 2.26. The molecule has 0 bridgehead atoms. The van der Waals surface area contributed by atoms with Gasteiger partial charge in [-0.15, -0.1) is 0 Å². The molecule has 4 atom stereocenters. The van der Waals surface area contributed by atoms with E-state index in [-0.39, 0.29) is 18.3 Å². The molecule has 1 aromatic carbocycles. The van der Waals surface area contributed by atoms with Crippen molar-refractivity contribution < 1.29 is 28.9 Å². The first kappa shape index (κ1) is 31.3. The third-order valence-electron chi connectivity index (χ3n) is 7.46. The number of carboxylic acids is 1. The molecular weight excluding hydrogens is 468 g/mol. The Labute approximate surface area is 224 Å². The molecule has 1 heterocycles. The van der Waals surface area contributed by atoms with Crippen molar-refractivity contribution in [2.24, 2.45) is 11.8 Å². The molecule has 37 heavy (non-hydrogen) atoms. The van der Waals surface area contributed by atoms with Gasteiger partial charge in [-0.1, -0.05) is 70.2 Å². The lowest BCUT2D eigenvalue weighted by Crippen LogP contribution is -2.36. The van der Waals surface area contributed by atoms with Crippen LogP contribution >= 0.6 is 0 Å². The summed E-state index contributed by atoms with van der Waals surface area (Å²) in [4.78, 5) is 25.0. The first-order valence-electron chi connectivity index (χ1n) is 14.7. The fourth-order valence-electron chi connectivity index (χ4n) is 4.86. The second kappa shape index (κ2) is 18.4. The standard InChI is InChI=1S/C31H50O6/c1-4-6-7-8-9-10-13-25-15-17-26(18-16-25)19-20-27(21-23-36-28-14-11-12-22-35-28)29(30(32)33)31(34)37-24(3)5-2/h15-18,24,27-29H,4-14,19-23H2,1-3H3,(H,32,33). The van der Waals surface area contributed by atoms with Crippen LogP contribution < -0.4 is 0 Å². The predicted molar refractivity (Wildman–Crippen MR) is 146 cm³/mol. The van der Waals surface area contributed by atoms with Crippen LogP contribution in [0.5, 0.6) is 0 Å². The van der Waals surface area contributed by atoms with E-state index in [1.165, 1.54) is 44.1 Å². The van der Waals surface area contributed by atoms with Crippen LogP contribution in [0.2, 0.25) is 0 Å². The molecule has 0 saturated carbocycles. The van der Waals surface area contributed by atoms with Crippen LogP contribution in [0.15, 0.2) is 24.3 Å². The molecule has 0 spiro atoms. The van der Waals surface area contributed by atoms with Gasteiger partial charge in [-0.3, -0.25) is 9.59 Å². The third-order valence-corrected chi connectivity index (χ3v) is 7.46. The third kappa shape index (κ3) is 12.4. The Morgan fingerprint density at radius 2 is 1.65 bits per heavy atom. The zero-order valence-electron chi connectivity index (χ0n) is 23.4. The van der Waals surface area contributed by atoms with E-state index in [0.29, 0.717) is 38.9 Å². The van der Waals surface area contributed by atoms with Crippen LogP contribution in [0.4, 0.5) is 0 Å². The fourth-order valence-corrected chi connectivity index (χ4v) is 4.86. The van der Waals surface area contributed by atoms with Gasteiger partial charge in [0.2, 0.25) is 0 Å². The van der Waals surface area contributed by atoms with Crippen molar-refractivity contribution in [1.29, 1.82) is 0 Å². The number of aryl methyl sites for hydroxylation is 2. The van der Waals surface area contributed by atoms with Crippen molar-refractivity contribution in [2.75, 3.05) is 13.2 Å². The zero-order chi connectivity index (χ0) is 26.9. The van der Waals surface area contributed by atoms with E-state index in [4.69, 9.17) is 14.2 Å². The summed E-state index contributed by atoms with van der Waals surface area (Å²) in [7, 11) is 0. The number of carbonyl (C=O) groups is 2. The van der Waals surface area contributed by atoms with Crippen molar-refractivity contribution in [3.8, 4) is 0 Å². The van der Waals surface area contributed by atoms with E-state index in [9.17, 15) is 14.7 Å². The number of hydrogen-bond donors (Lipinski definition) is 1. The molecule has 2 rings (SSSR count). The average Bonchev–Trinajstić information content (AvgIpc) is 2.90. The summed E-state index contributed by atoms with van der Waals surface area (Å²) < 4.78 is 17.0. The first-order chi connectivity index (χ1) is 17.9. The van der Waals surface area contributed by atoms with Gasteiger partial charge < -0.3 is 19.3 Å². The molecule has 1 N–H and O–H groups in total. The summed E-state index contributed by atoms with van der Waals surface area (Å²) in [6.07, 6.45) is 13.7. The molecular formula is C31H50O6. The number of aliphatic carboxylic acids is 1. The van der Waals surface area contributed by atoms with Gasteiger partial charge in [0, 0.05) is 6.61 Å². The zero-order valence-corrected chi connectivity index (χ0v) is 23.4. The minimum absolute atomic E-state index is 0.232. The van der Waals surface area contributed by atoms with Crippen LogP contribution in [0.1, 0.15) is 109 Å². The van der Waals surface area contributed by atoms with Gasteiger partial charge in [-0.25, -0.2) is 0 Å². The van der Waals surface area contributed by atoms with Crippen LogP contribution in [-0.4, -0.2) is 42.7 Å². The summed E-state index contributed by atoms with van der Waals surface area (Å²) in [5.41, 5.74) is 2.50. The number of ether oxygens (including phenoxy) is 3. The second-order valence-corrected chi connectivity index (χ2v) is 10.6. The topological polar surface area (TPSA) is 82.1 Å². The summed E-state index contributed by atoms with van der Waals surface area (Å²) >= 11 is 0. The molecule has 1 aliphatic heterocycles. The Morgan fingerprint density at radius 3 is 2.27 bits per heavy atom. The van der Waals surface area contributed by atoms with Crippen molar-refractivity contribution in [3.05, 3.63) is 35.4 Å². The maximum absolute atomic E-state index is 12.8. The van der Waals surface area contributed by atoms with E-state index in [1.54, 1.807) is 6.92 Å². The molecule has 0 amide bonds. The molecule has 0 radical (unpaired) electrons. The van der Waals surface area contributed by atoms with Gasteiger partial charge in [-0.05, 0) is 81.8 Å². The highest BCUT2D eigenvalue weighted by molar-refractivity contribution is 5.94. The SMILES string of the molecule is CCCCCCCCc1ccc(CCC(CCOC2CCCCO2)C(C(=O)O)C(=O)OC(C)CC)cc1. The molecule has 1 fully saturated rings. The quantitative estimate of drug-likeness (QED) is 0.119. The normalized spacial score (nSPS) is 18.2. The second-order valence-electron chi connectivity index (χ2n) is 10.6. The monoisotopic (exact) mass is 518 g/mol. The average molecular weight is 519 g/mol. The van der Waals surface area contributed by atoms with Crippen molar-refractivity contribution in [2.45, 2.75) is 123 Å². The van der Waals surface area contributed by atoms with Gasteiger partial charge >= 0.3 is 11.9 Å². The van der Waals surface area contributed by atoms with Crippen molar-refractivity contribution in [3.63, 3.8) is 0 Å². The summed E-state index contributed by atoms with van der Waals surface area (Å²) in [6, 6.07) is 8.66. The van der Waals surface area contributed by atoms with Gasteiger partial charge in [-0.2, -0.15) is 0 Å². The van der Waals surface area contributed by atoms with E-state index >= 15 is 0 Å². The maximum atomic E-state index is 12.8. The molecule has 1 aliphatic rings. The minimum Gasteiger partial charge on any atom is -0.481 e. The molecule has 0 aliphatic carbocycles. The van der Waals surface area contributed by atoms with Gasteiger partial charge in [0.15, 0.2) is 12.2 Å².